The van der Waals surface area contributed by atoms with Crippen molar-refractivity contribution in [3.05, 3.63) is 25.3 Å². The molecule has 0 aliphatic rings. The minimum absolute atomic E-state index is 0.143. The van der Waals surface area contributed by atoms with Crippen LogP contribution >= 0.6 is 14.7 Å². The average Bonchev–Trinajstić information content (AvgIpc) is 1.82. The van der Waals surface area contributed by atoms with E-state index in [2.05, 4.69) is 13.2 Å². The molecule has 0 aromatic carbocycles. The van der Waals surface area contributed by atoms with Gasteiger partial charge in [0.05, 0.1) is 0 Å². The maximum atomic E-state index is 11.8. The Morgan fingerprint density at radius 2 is 1.46 bits per heavy atom. The number of hydrogen-bond donors (Lipinski definition) is 2. The molecule has 0 rings (SSSR count). The molecule has 0 amide bonds. The maximum Gasteiger partial charge on any atom is 0.332 e. The Bertz CT molecular complexity index is 264. The van der Waals surface area contributed by atoms with E-state index in [4.69, 9.17) is 9.79 Å². The fourth-order valence-corrected chi connectivity index (χ4v) is 5.70. The Labute approximate surface area is 77.9 Å². The van der Waals surface area contributed by atoms with Gasteiger partial charge in [-0.3, -0.25) is 4.57 Å². The van der Waals surface area contributed by atoms with Gasteiger partial charge in [-0.1, -0.05) is 12.2 Å². The van der Waals surface area contributed by atoms with Gasteiger partial charge in [-0.15, -0.1) is 13.2 Å². The van der Waals surface area contributed by atoms with Crippen LogP contribution in [0.15, 0.2) is 25.3 Å². The van der Waals surface area contributed by atoms with Gasteiger partial charge in [0.25, 0.3) is 0 Å². The molecule has 0 atom stereocenters. The average molecular weight is 224 g/mol. The molecule has 4 nitrogen and oxygen atoms in total. The Hall–Kier alpha value is -0.140. The van der Waals surface area contributed by atoms with E-state index in [-0.39, 0.29) is 12.3 Å². The molecule has 13 heavy (non-hydrogen) atoms. The molecule has 0 saturated heterocycles. The van der Waals surface area contributed by atoms with Crippen LogP contribution in [0.4, 0.5) is 0 Å². The molecule has 6 heteroatoms. The third-order valence-corrected chi connectivity index (χ3v) is 6.75. The highest BCUT2D eigenvalue weighted by molar-refractivity contribution is 7.76. The van der Waals surface area contributed by atoms with Gasteiger partial charge in [0, 0.05) is 12.3 Å². The Balaban J connectivity index is 4.60. The van der Waals surface area contributed by atoms with E-state index in [9.17, 15) is 9.13 Å². The van der Waals surface area contributed by atoms with E-state index in [0.717, 1.165) is 0 Å². The van der Waals surface area contributed by atoms with Crippen LogP contribution in [0.5, 0.6) is 0 Å². The summed E-state index contributed by atoms with van der Waals surface area (Å²) in [4.78, 5) is 17.4. The van der Waals surface area contributed by atoms with E-state index in [1.54, 1.807) is 0 Å². The summed E-state index contributed by atoms with van der Waals surface area (Å²) in [6, 6.07) is 0. The molecule has 0 unspecified atom stereocenters. The molecule has 0 radical (unpaired) electrons. The number of allylic oxidation sites excluding steroid dienone is 2. The fraction of sp³-hybridized carbons (Fsp3) is 0.429. The van der Waals surface area contributed by atoms with Crippen molar-refractivity contribution in [1.29, 1.82) is 0 Å². The van der Waals surface area contributed by atoms with E-state index >= 15 is 0 Å². The zero-order valence-corrected chi connectivity index (χ0v) is 9.08. The first-order valence-electron chi connectivity index (χ1n) is 3.66. The third kappa shape index (κ3) is 6.00. The van der Waals surface area contributed by atoms with Crippen molar-refractivity contribution in [3.8, 4) is 0 Å². The van der Waals surface area contributed by atoms with Crippen molar-refractivity contribution >= 4 is 14.7 Å². The zero-order valence-electron chi connectivity index (χ0n) is 7.30. The highest BCUT2D eigenvalue weighted by Gasteiger charge is 2.28. The largest absolute Gasteiger partial charge is 0.332 e. The lowest BCUT2D eigenvalue weighted by Gasteiger charge is -2.14. The van der Waals surface area contributed by atoms with Crippen LogP contribution < -0.4 is 0 Å². The lowest BCUT2D eigenvalue weighted by atomic mass is 10.8. The summed E-state index contributed by atoms with van der Waals surface area (Å²) >= 11 is 0. The quantitative estimate of drug-likeness (QED) is 0.533. The first-order chi connectivity index (χ1) is 5.83. The Kier molecular flexibility index (Phi) is 4.87. The normalized spacial score (nSPS) is 12.5. The van der Waals surface area contributed by atoms with Crippen LogP contribution in [-0.2, 0) is 9.13 Å². The molecule has 0 aliphatic carbocycles. The molecule has 0 aromatic rings. The molecule has 0 saturated carbocycles. The van der Waals surface area contributed by atoms with Crippen molar-refractivity contribution in [2.75, 3.05) is 18.2 Å². The van der Waals surface area contributed by atoms with Crippen molar-refractivity contribution in [2.24, 2.45) is 0 Å². The topological polar surface area (TPSA) is 74.6 Å². The summed E-state index contributed by atoms with van der Waals surface area (Å²) in [5.41, 5.74) is 0. The van der Waals surface area contributed by atoms with E-state index in [0.29, 0.717) is 0 Å². The standard InChI is InChI=1S/C7H14O4P2/c1-3-5-12(8,6-4-2)7-13(9,10)11/h3-4H,1-2,5-7H2,(H2,9,10,11). The second-order valence-electron chi connectivity index (χ2n) is 2.81. The molecular weight excluding hydrogens is 210 g/mol. The smallest absolute Gasteiger partial charge is 0.324 e. The predicted molar refractivity (Wildman–Crippen MR) is 54.6 cm³/mol. The number of hydrogen-bond acceptors (Lipinski definition) is 2. The first kappa shape index (κ1) is 12.9. The van der Waals surface area contributed by atoms with Gasteiger partial charge >= 0.3 is 7.60 Å². The van der Waals surface area contributed by atoms with Crippen molar-refractivity contribution in [2.45, 2.75) is 0 Å². The summed E-state index contributed by atoms with van der Waals surface area (Å²) < 4.78 is 22.4. The molecule has 0 fully saturated rings. The van der Waals surface area contributed by atoms with Gasteiger partial charge in [0.1, 0.15) is 13.0 Å². The molecular formula is C7H14O4P2. The van der Waals surface area contributed by atoms with Crippen molar-refractivity contribution < 1.29 is 18.9 Å². The molecule has 0 bridgehead atoms. The molecule has 0 aromatic heterocycles. The van der Waals surface area contributed by atoms with E-state index in [1.165, 1.54) is 12.2 Å². The third-order valence-electron chi connectivity index (χ3n) is 1.37. The van der Waals surface area contributed by atoms with Gasteiger partial charge < -0.3 is 14.4 Å². The van der Waals surface area contributed by atoms with Crippen molar-refractivity contribution in [1.82, 2.24) is 0 Å². The highest BCUT2D eigenvalue weighted by Crippen LogP contribution is 2.57. The monoisotopic (exact) mass is 224 g/mol. The van der Waals surface area contributed by atoms with E-state index in [1.807, 2.05) is 0 Å². The number of rotatable bonds is 6. The van der Waals surface area contributed by atoms with Gasteiger partial charge in [-0.05, 0) is 0 Å². The van der Waals surface area contributed by atoms with Gasteiger partial charge in [0.15, 0.2) is 0 Å². The van der Waals surface area contributed by atoms with Gasteiger partial charge in [0.2, 0.25) is 0 Å². The lowest BCUT2D eigenvalue weighted by molar-refractivity contribution is 0.378. The SMILES string of the molecule is C=CCP(=O)(CC=C)CP(=O)(O)O. The summed E-state index contributed by atoms with van der Waals surface area (Å²) in [6.07, 6.45) is 3.12. The summed E-state index contributed by atoms with van der Waals surface area (Å²) in [5, 5.41) is 0. The Morgan fingerprint density at radius 3 is 1.69 bits per heavy atom. The molecule has 0 spiro atoms. The summed E-state index contributed by atoms with van der Waals surface area (Å²) in [7, 11) is -7.05. The predicted octanol–water partition coefficient (Wildman–Crippen LogP) is 1.86. The van der Waals surface area contributed by atoms with Crippen molar-refractivity contribution in [3.63, 3.8) is 0 Å². The fourth-order valence-electron chi connectivity index (χ4n) is 0.996. The van der Waals surface area contributed by atoms with Crippen LogP contribution in [0.3, 0.4) is 0 Å². The van der Waals surface area contributed by atoms with Crippen LogP contribution in [0, 0.1) is 0 Å². The Morgan fingerprint density at radius 1 is 1.08 bits per heavy atom. The second kappa shape index (κ2) is 4.92. The second-order valence-corrected chi connectivity index (χ2v) is 8.11. The summed E-state index contributed by atoms with van der Waals surface area (Å²) in [5.74, 6) is -0.558. The van der Waals surface area contributed by atoms with Crippen LogP contribution in [0.1, 0.15) is 0 Å². The van der Waals surface area contributed by atoms with Crippen LogP contribution in [0.2, 0.25) is 0 Å². The minimum atomic E-state index is -4.21. The highest BCUT2D eigenvalue weighted by atomic mass is 31.2. The van der Waals surface area contributed by atoms with Gasteiger partial charge in [-0.25, -0.2) is 0 Å². The molecule has 2 N–H and O–H groups in total. The zero-order chi connectivity index (χ0) is 10.5. The first-order valence-corrected chi connectivity index (χ1v) is 7.72. The molecule has 0 aliphatic heterocycles. The summed E-state index contributed by atoms with van der Waals surface area (Å²) in [6.45, 7) is 6.80. The lowest BCUT2D eigenvalue weighted by Crippen LogP contribution is -1.97. The van der Waals surface area contributed by atoms with Crippen LogP contribution in [0.25, 0.3) is 0 Å². The molecule has 0 heterocycles. The van der Waals surface area contributed by atoms with Crippen LogP contribution in [-0.4, -0.2) is 28.0 Å². The van der Waals surface area contributed by atoms with Gasteiger partial charge in [-0.2, -0.15) is 0 Å². The minimum Gasteiger partial charge on any atom is -0.324 e. The van der Waals surface area contributed by atoms with E-state index < -0.39 is 20.6 Å². The maximum absolute atomic E-state index is 11.8. The molecule has 76 valence electrons.